The quantitative estimate of drug-likeness (QED) is 0.766. The zero-order valence-corrected chi connectivity index (χ0v) is 14.0. The summed E-state index contributed by atoms with van der Waals surface area (Å²) in [7, 11) is 2.13. The summed E-state index contributed by atoms with van der Waals surface area (Å²) in [4.78, 5) is 4.64. The maximum atomic E-state index is 6.11. The molecule has 0 atom stereocenters. The molecule has 0 aliphatic carbocycles. The molecule has 0 unspecified atom stereocenters. The van der Waals surface area contributed by atoms with Gasteiger partial charge in [-0.1, -0.05) is 29.3 Å². The standard InChI is InChI=1S/C17H18Cl2N2/c1-11-6-16-17(7-12(11)2)21(10-20(16)3)9-13-4-5-14(18)15(19)8-13/h4-8H,9-10H2,1-3H3. The Bertz CT molecular complexity index is 697. The second-order valence-electron chi connectivity index (χ2n) is 5.71. The molecule has 0 saturated heterocycles. The van der Waals surface area contributed by atoms with Gasteiger partial charge in [-0.2, -0.15) is 0 Å². The molecule has 21 heavy (non-hydrogen) atoms. The molecule has 2 aromatic rings. The van der Waals surface area contributed by atoms with Crippen molar-refractivity contribution in [3.8, 4) is 0 Å². The Kier molecular flexibility index (Phi) is 3.76. The fourth-order valence-electron chi connectivity index (χ4n) is 2.75. The van der Waals surface area contributed by atoms with Crippen molar-refractivity contribution in [1.82, 2.24) is 0 Å². The highest BCUT2D eigenvalue weighted by Gasteiger charge is 2.24. The minimum Gasteiger partial charge on any atom is -0.355 e. The van der Waals surface area contributed by atoms with Crippen LogP contribution in [0.5, 0.6) is 0 Å². The van der Waals surface area contributed by atoms with Gasteiger partial charge >= 0.3 is 0 Å². The third kappa shape index (κ3) is 2.70. The van der Waals surface area contributed by atoms with Crippen LogP contribution in [0.3, 0.4) is 0 Å². The monoisotopic (exact) mass is 320 g/mol. The van der Waals surface area contributed by atoms with Crippen molar-refractivity contribution >= 4 is 34.6 Å². The second kappa shape index (κ2) is 5.43. The highest BCUT2D eigenvalue weighted by Crippen LogP contribution is 2.38. The van der Waals surface area contributed by atoms with E-state index in [4.69, 9.17) is 23.2 Å². The molecule has 110 valence electrons. The lowest BCUT2D eigenvalue weighted by atomic mass is 10.1. The average molecular weight is 321 g/mol. The summed E-state index contributed by atoms with van der Waals surface area (Å²) >= 11 is 12.1. The molecular formula is C17H18Cl2N2. The first-order valence-corrected chi connectivity index (χ1v) is 7.72. The zero-order valence-electron chi connectivity index (χ0n) is 12.5. The zero-order chi connectivity index (χ0) is 15.1. The van der Waals surface area contributed by atoms with Crippen LogP contribution in [0.2, 0.25) is 10.0 Å². The molecule has 1 aliphatic heterocycles. The van der Waals surface area contributed by atoms with Crippen molar-refractivity contribution in [3.05, 3.63) is 57.1 Å². The average Bonchev–Trinajstić information content (AvgIpc) is 2.71. The van der Waals surface area contributed by atoms with Gasteiger partial charge in [-0.3, -0.25) is 0 Å². The first-order valence-electron chi connectivity index (χ1n) is 6.97. The van der Waals surface area contributed by atoms with E-state index in [1.807, 2.05) is 18.2 Å². The largest absolute Gasteiger partial charge is 0.355 e. The van der Waals surface area contributed by atoms with Crippen molar-refractivity contribution in [3.63, 3.8) is 0 Å². The van der Waals surface area contributed by atoms with Crippen molar-refractivity contribution in [2.75, 3.05) is 23.5 Å². The van der Waals surface area contributed by atoms with Crippen LogP contribution < -0.4 is 9.80 Å². The van der Waals surface area contributed by atoms with Gasteiger partial charge in [0.05, 0.1) is 28.1 Å². The molecule has 0 fully saturated rings. The highest BCUT2D eigenvalue weighted by molar-refractivity contribution is 6.42. The van der Waals surface area contributed by atoms with Gasteiger partial charge in [0.25, 0.3) is 0 Å². The van der Waals surface area contributed by atoms with Gasteiger partial charge < -0.3 is 9.80 Å². The number of nitrogens with zero attached hydrogens (tertiary/aromatic N) is 2. The number of hydrogen-bond donors (Lipinski definition) is 0. The molecule has 3 rings (SSSR count). The highest BCUT2D eigenvalue weighted by atomic mass is 35.5. The summed E-state index contributed by atoms with van der Waals surface area (Å²) in [6.45, 7) is 6.03. The molecule has 0 radical (unpaired) electrons. The van der Waals surface area contributed by atoms with Crippen LogP contribution in [0.4, 0.5) is 11.4 Å². The lowest BCUT2D eigenvalue weighted by Gasteiger charge is -2.20. The van der Waals surface area contributed by atoms with Gasteiger partial charge in [-0.15, -0.1) is 0 Å². The molecule has 2 nitrogen and oxygen atoms in total. The van der Waals surface area contributed by atoms with Gasteiger partial charge in [0.15, 0.2) is 0 Å². The van der Waals surface area contributed by atoms with Gasteiger partial charge in [0.1, 0.15) is 0 Å². The van der Waals surface area contributed by atoms with E-state index in [1.54, 1.807) is 0 Å². The molecule has 4 heteroatoms. The number of hydrogen-bond acceptors (Lipinski definition) is 2. The molecule has 1 heterocycles. The van der Waals surface area contributed by atoms with Gasteiger partial charge in [0.2, 0.25) is 0 Å². The molecule has 0 saturated carbocycles. The summed E-state index contributed by atoms with van der Waals surface area (Å²) in [5.41, 5.74) is 6.40. The lowest BCUT2D eigenvalue weighted by molar-refractivity contribution is 0.816. The van der Waals surface area contributed by atoms with E-state index in [-0.39, 0.29) is 0 Å². The smallest absolute Gasteiger partial charge is 0.0904 e. The minimum atomic E-state index is 0.603. The first-order chi connectivity index (χ1) is 9.95. The fraction of sp³-hybridized carbons (Fsp3) is 0.294. The van der Waals surface area contributed by atoms with Crippen molar-refractivity contribution in [2.45, 2.75) is 20.4 Å². The predicted molar refractivity (Wildman–Crippen MR) is 91.8 cm³/mol. The Hall–Kier alpha value is -1.38. The second-order valence-corrected chi connectivity index (χ2v) is 6.53. The Morgan fingerprint density at radius 3 is 2.29 bits per heavy atom. The van der Waals surface area contributed by atoms with Crippen LogP contribution >= 0.6 is 23.2 Å². The van der Waals surface area contributed by atoms with Crippen LogP contribution in [0.15, 0.2) is 30.3 Å². The molecule has 1 aliphatic rings. The van der Waals surface area contributed by atoms with Crippen LogP contribution in [-0.4, -0.2) is 13.7 Å². The van der Waals surface area contributed by atoms with E-state index in [0.717, 1.165) is 13.2 Å². The molecule has 2 aromatic carbocycles. The fourth-order valence-corrected chi connectivity index (χ4v) is 3.07. The van der Waals surface area contributed by atoms with Crippen molar-refractivity contribution in [2.24, 2.45) is 0 Å². The van der Waals surface area contributed by atoms with E-state index >= 15 is 0 Å². The van der Waals surface area contributed by atoms with Gasteiger partial charge in [-0.25, -0.2) is 0 Å². The maximum Gasteiger partial charge on any atom is 0.0904 e. The van der Waals surface area contributed by atoms with E-state index < -0.39 is 0 Å². The van der Waals surface area contributed by atoms with E-state index in [1.165, 1.54) is 28.1 Å². The van der Waals surface area contributed by atoms with Crippen LogP contribution in [0.1, 0.15) is 16.7 Å². The molecule has 0 N–H and O–H groups in total. The third-order valence-corrected chi connectivity index (χ3v) is 4.82. The number of fused-ring (bicyclic) bond motifs is 1. The minimum absolute atomic E-state index is 0.603. The van der Waals surface area contributed by atoms with E-state index in [9.17, 15) is 0 Å². The van der Waals surface area contributed by atoms with Crippen LogP contribution in [0.25, 0.3) is 0 Å². The van der Waals surface area contributed by atoms with Crippen LogP contribution in [-0.2, 0) is 6.54 Å². The Labute approximate surface area is 135 Å². The summed E-state index contributed by atoms with van der Waals surface area (Å²) in [5.74, 6) is 0. The van der Waals surface area contributed by atoms with Gasteiger partial charge in [-0.05, 0) is 54.8 Å². The topological polar surface area (TPSA) is 6.48 Å². The summed E-state index contributed by atoms with van der Waals surface area (Å²) in [5, 5.41) is 1.22. The molecule has 0 spiro atoms. The summed E-state index contributed by atoms with van der Waals surface area (Å²) in [6.07, 6.45) is 0. The number of anilines is 2. The number of aryl methyl sites for hydroxylation is 2. The van der Waals surface area contributed by atoms with E-state index in [0.29, 0.717) is 10.0 Å². The van der Waals surface area contributed by atoms with E-state index in [2.05, 4.69) is 42.8 Å². The molecule has 0 aromatic heterocycles. The van der Waals surface area contributed by atoms with Crippen LogP contribution in [0, 0.1) is 13.8 Å². The van der Waals surface area contributed by atoms with Crippen molar-refractivity contribution < 1.29 is 0 Å². The Morgan fingerprint density at radius 1 is 0.952 bits per heavy atom. The normalized spacial score (nSPS) is 13.8. The SMILES string of the molecule is Cc1cc2c(cc1C)N(Cc1ccc(Cl)c(Cl)c1)CN2C. The molecule has 0 bridgehead atoms. The maximum absolute atomic E-state index is 6.11. The lowest BCUT2D eigenvalue weighted by Crippen LogP contribution is -2.27. The number of halogens is 2. The molecular weight excluding hydrogens is 303 g/mol. The third-order valence-electron chi connectivity index (χ3n) is 4.08. The summed E-state index contributed by atoms with van der Waals surface area (Å²) in [6, 6.07) is 10.4. The molecule has 0 amide bonds. The number of benzene rings is 2. The first kappa shape index (κ1) is 14.6. The number of rotatable bonds is 2. The summed E-state index contributed by atoms with van der Waals surface area (Å²) < 4.78 is 0. The predicted octanol–water partition coefficient (Wildman–Crippen LogP) is 5.02. The van der Waals surface area contributed by atoms with Gasteiger partial charge in [0, 0.05) is 13.6 Å². The Morgan fingerprint density at radius 2 is 1.62 bits per heavy atom. The Balaban J connectivity index is 1.92. The van der Waals surface area contributed by atoms with Crippen molar-refractivity contribution in [1.29, 1.82) is 0 Å².